The van der Waals surface area contributed by atoms with Crippen molar-refractivity contribution in [1.82, 2.24) is 0 Å². The molecule has 3 rings (SSSR count). The fourth-order valence-corrected chi connectivity index (χ4v) is 3.92. The van der Waals surface area contributed by atoms with Crippen LogP contribution in [0.1, 0.15) is 49.4 Å². The normalized spacial score (nSPS) is 22.9. The SMILES string of the molecule is CCC[C@H]1C(=O)C[C@@H](c2ccc(OC)cc2)[NH2+][C@@H]1c1ccc(OC)cc1. The zero-order valence-corrected chi connectivity index (χ0v) is 15.8. The molecule has 0 unspecified atom stereocenters. The summed E-state index contributed by atoms with van der Waals surface area (Å²) in [6.07, 6.45) is 2.54. The van der Waals surface area contributed by atoms with Crippen LogP contribution in [-0.2, 0) is 4.79 Å². The van der Waals surface area contributed by atoms with Crippen molar-refractivity contribution in [2.75, 3.05) is 14.2 Å². The second-order valence-electron chi connectivity index (χ2n) is 6.94. The molecular weight excluding hydrogens is 326 g/mol. The zero-order chi connectivity index (χ0) is 18.5. The van der Waals surface area contributed by atoms with Gasteiger partial charge in [0.25, 0.3) is 0 Å². The minimum atomic E-state index is 0.0721. The highest BCUT2D eigenvalue weighted by molar-refractivity contribution is 5.83. The van der Waals surface area contributed by atoms with Gasteiger partial charge in [-0.2, -0.15) is 0 Å². The summed E-state index contributed by atoms with van der Waals surface area (Å²) in [4.78, 5) is 12.9. The number of rotatable bonds is 6. The van der Waals surface area contributed by atoms with Gasteiger partial charge in [-0.25, -0.2) is 0 Å². The lowest BCUT2D eigenvalue weighted by atomic mass is 9.79. The quantitative estimate of drug-likeness (QED) is 0.865. The number of methoxy groups -OCH3 is 2. The molecule has 0 spiro atoms. The maximum atomic E-state index is 12.9. The van der Waals surface area contributed by atoms with Crippen molar-refractivity contribution in [2.45, 2.75) is 38.3 Å². The molecule has 4 nitrogen and oxygen atoms in total. The van der Waals surface area contributed by atoms with E-state index in [9.17, 15) is 4.79 Å². The molecule has 2 aromatic rings. The monoisotopic (exact) mass is 354 g/mol. The van der Waals surface area contributed by atoms with Gasteiger partial charge in [-0.3, -0.25) is 4.79 Å². The number of ketones is 1. The lowest BCUT2D eigenvalue weighted by Gasteiger charge is -2.34. The first kappa shape index (κ1) is 18.5. The maximum absolute atomic E-state index is 12.9. The molecule has 26 heavy (non-hydrogen) atoms. The lowest BCUT2D eigenvalue weighted by molar-refractivity contribution is -0.743. The topological polar surface area (TPSA) is 52.1 Å². The third-order valence-corrected chi connectivity index (χ3v) is 5.35. The van der Waals surface area contributed by atoms with Crippen LogP contribution in [0.4, 0.5) is 0 Å². The Labute approximate surface area is 155 Å². The molecule has 1 saturated heterocycles. The second kappa shape index (κ2) is 8.37. The third kappa shape index (κ3) is 3.91. The van der Waals surface area contributed by atoms with Gasteiger partial charge in [-0.05, 0) is 55.0 Å². The summed E-state index contributed by atoms with van der Waals surface area (Å²) in [5.41, 5.74) is 2.36. The van der Waals surface area contributed by atoms with Crippen LogP contribution >= 0.6 is 0 Å². The molecular formula is C22H28NO3+. The van der Waals surface area contributed by atoms with Gasteiger partial charge < -0.3 is 14.8 Å². The van der Waals surface area contributed by atoms with Gasteiger partial charge in [0.05, 0.1) is 26.6 Å². The molecule has 1 aliphatic rings. The summed E-state index contributed by atoms with van der Waals surface area (Å²) in [6.45, 7) is 2.15. The van der Waals surface area contributed by atoms with E-state index in [1.165, 1.54) is 11.1 Å². The second-order valence-corrected chi connectivity index (χ2v) is 6.94. The highest BCUT2D eigenvalue weighted by Crippen LogP contribution is 2.32. The molecule has 0 radical (unpaired) electrons. The first-order chi connectivity index (χ1) is 12.7. The van der Waals surface area contributed by atoms with E-state index in [-0.39, 0.29) is 18.0 Å². The molecule has 1 fully saturated rings. The molecule has 0 amide bonds. The van der Waals surface area contributed by atoms with E-state index < -0.39 is 0 Å². The predicted octanol–water partition coefficient (Wildman–Crippen LogP) is 3.44. The largest absolute Gasteiger partial charge is 0.497 e. The number of piperidine rings is 1. The van der Waals surface area contributed by atoms with Crippen LogP contribution in [0.25, 0.3) is 0 Å². The Morgan fingerprint density at radius 3 is 1.96 bits per heavy atom. The van der Waals surface area contributed by atoms with Crippen LogP contribution in [-0.4, -0.2) is 20.0 Å². The number of carbonyl (C=O) groups is 1. The Hall–Kier alpha value is -2.33. The summed E-state index contributed by atoms with van der Waals surface area (Å²) in [5.74, 6) is 2.12. The van der Waals surface area contributed by atoms with Crippen molar-refractivity contribution in [3.05, 3.63) is 59.7 Å². The Bertz CT molecular complexity index is 724. The van der Waals surface area contributed by atoms with Crippen molar-refractivity contribution < 1.29 is 19.6 Å². The molecule has 0 aliphatic carbocycles. The van der Waals surface area contributed by atoms with E-state index in [1.54, 1.807) is 14.2 Å². The van der Waals surface area contributed by atoms with E-state index in [0.717, 1.165) is 24.3 Å². The van der Waals surface area contributed by atoms with E-state index in [1.807, 2.05) is 24.3 Å². The Kier molecular flexibility index (Phi) is 5.94. The molecule has 1 aliphatic heterocycles. The van der Waals surface area contributed by atoms with Crippen molar-refractivity contribution in [3.8, 4) is 11.5 Å². The standard InChI is InChI=1S/C22H27NO3/c1-4-5-19-21(24)14-20(15-6-10-17(25-2)11-7-15)23-22(19)16-8-12-18(26-3)13-9-16/h6-13,19-20,22-23H,4-5,14H2,1-3H3/p+1/t19-,20-,22+/m0/s1. The van der Waals surface area contributed by atoms with Crippen LogP contribution < -0.4 is 14.8 Å². The minimum absolute atomic E-state index is 0.0721. The number of carbonyl (C=O) groups excluding carboxylic acids is 1. The molecule has 3 atom stereocenters. The van der Waals surface area contributed by atoms with Gasteiger partial charge in [0.1, 0.15) is 29.4 Å². The molecule has 1 heterocycles. The minimum Gasteiger partial charge on any atom is -0.497 e. The molecule has 138 valence electrons. The number of Topliss-reactive ketones (excluding diaryl/α,β-unsaturated/α-hetero) is 1. The van der Waals surface area contributed by atoms with E-state index in [0.29, 0.717) is 12.2 Å². The third-order valence-electron chi connectivity index (χ3n) is 5.35. The van der Waals surface area contributed by atoms with Gasteiger partial charge in [-0.1, -0.05) is 13.3 Å². The smallest absolute Gasteiger partial charge is 0.148 e. The van der Waals surface area contributed by atoms with Crippen molar-refractivity contribution in [2.24, 2.45) is 5.92 Å². The van der Waals surface area contributed by atoms with Crippen LogP contribution in [0, 0.1) is 5.92 Å². The van der Waals surface area contributed by atoms with Gasteiger partial charge in [0, 0.05) is 11.1 Å². The van der Waals surface area contributed by atoms with Crippen LogP contribution in [0.5, 0.6) is 11.5 Å². The van der Waals surface area contributed by atoms with E-state index >= 15 is 0 Å². The fraction of sp³-hybridized carbons (Fsp3) is 0.409. The van der Waals surface area contributed by atoms with Gasteiger partial charge in [0.2, 0.25) is 0 Å². The maximum Gasteiger partial charge on any atom is 0.148 e. The van der Waals surface area contributed by atoms with Crippen molar-refractivity contribution in [3.63, 3.8) is 0 Å². The Morgan fingerprint density at radius 2 is 1.46 bits per heavy atom. The van der Waals surface area contributed by atoms with Crippen LogP contribution in [0.2, 0.25) is 0 Å². The number of ether oxygens (including phenoxy) is 2. The number of benzene rings is 2. The first-order valence-corrected chi connectivity index (χ1v) is 9.31. The highest BCUT2D eigenvalue weighted by Gasteiger charge is 2.40. The molecule has 0 bridgehead atoms. The number of nitrogens with two attached hydrogens (primary N) is 1. The van der Waals surface area contributed by atoms with Crippen molar-refractivity contribution in [1.29, 1.82) is 0 Å². The summed E-state index contributed by atoms with van der Waals surface area (Å²) in [5, 5.41) is 2.37. The highest BCUT2D eigenvalue weighted by atomic mass is 16.5. The molecule has 4 heteroatoms. The van der Waals surface area contributed by atoms with Crippen LogP contribution in [0.15, 0.2) is 48.5 Å². The van der Waals surface area contributed by atoms with E-state index in [4.69, 9.17) is 9.47 Å². The fourth-order valence-electron chi connectivity index (χ4n) is 3.92. The lowest BCUT2D eigenvalue weighted by Crippen LogP contribution is -2.90. The van der Waals surface area contributed by atoms with Crippen LogP contribution in [0.3, 0.4) is 0 Å². The van der Waals surface area contributed by atoms with Crippen molar-refractivity contribution >= 4 is 5.78 Å². The first-order valence-electron chi connectivity index (χ1n) is 9.31. The molecule has 2 aromatic carbocycles. The Balaban J connectivity index is 1.87. The summed E-state index contributed by atoms with van der Waals surface area (Å²) < 4.78 is 10.5. The molecule has 2 N–H and O–H groups in total. The molecule has 0 aromatic heterocycles. The van der Waals surface area contributed by atoms with Gasteiger partial charge in [-0.15, -0.1) is 0 Å². The average molecular weight is 354 g/mol. The zero-order valence-electron chi connectivity index (χ0n) is 15.8. The average Bonchev–Trinajstić information content (AvgIpc) is 2.69. The number of hydrogen-bond donors (Lipinski definition) is 1. The van der Waals surface area contributed by atoms with Gasteiger partial charge in [0.15, 0.2) is 0 Å². The van der Waals surface area contributed by atoms with Gasteiger partial charge >= 0.3 is 0 Å². The Morgan fingerprint density at radius 1 is 0.923 bits per heavy atom. The predicted molar refractivity (Wildman–Crippen MR) is 101 cm³/mol. The summed E-state index contributed by atoms with van der Waals surface area (Å²) in [6, 6.07) is 16.5. The number of quaternary nitrogens is 1. The van der Waals surface area contributed by atoms with E-state index in [2.05, 4.69) is 36.5 Å². The summed E-state index contributed by atoms with van der Waals surface area (Å²) in [7, 11) is 3.34. The molecule has 0 saturated carbocycles. The number of hydrogen-bond acceptors (Lipinski definition) is 3. The summed E-state index contributed by atoms with van der Waals surface area (Å²) >= 11 is 0.